The van der Waals surface area contributed by atoms with Gasteiger partial charge in [0.1, 0.15) is 5.75 Å². The molecular formula is C27H33IN4O2. The Morgan fingerprint density at radius 3 is 2.29 bits per heavy atom. The zero-order chi connectivity index (χ0) is 23.3. The molecule has 0 fully saturated rings. The Morgan fingerprint density at radius 1 is 0.941 bits per heavy atom. The van der Waals surface area contributed by atoms with Crippen LogP contribution < -0.4 is 21.1 Å². The average molecular weight is 572 g/mol. The van der Waals surface area contributed by atoms with E-state index in [0.717, 1.165) is 31.0 Å². The van der Waals surface area contributed by atoms with Gasteiger partial charge in [0.15, 0.2) is 12.6 Å². The van der Waals surface area contributed by atoms with Crippen molar-refractivity contribution >= 4 is 35.8 Å². The van der Waals surface area contributed by atoms with E-state index in [0.29, 0.717) is 18.2 Å². The van der Waals surface area contributed by atoms with Crippen LogP contribution in [0.1, 0.15) is 29.5 Å². The van der Waals surface area contributed by atoms with Gasteiger partial charge >= 0.3 is 0 Å². The lowest BCUT2D eigenvalue weighted by molar-refractivity contribution is -0.119. The molecule has 0 spiro atoms. The number of carbonyl (C=O) groups is 1. The van der Waals surface area contributed by atoms with E-state index in [1.54, 1.807) is 6.07 Å². The number of aliphatic imine (C=N–C) groups is 1. The van der Waals surface area contributed by atoms with Crippen LogP contribution in [-0.4, -0.2) is 31.6 Å². The van der Waals surface area contributed by atoms with Crippen LogP contribution in [0.2, 0.25) is 0 Å². The number of guanidine groups is 1. The first-order valence-electron chi connectivity index (χ1n) is 11.2. The van der Waals surface area contributed by atoms with E-state index in [1.165, 1.54) is 11.1 Å². The van der Waals surface area contributed by atoms with Gasteiger partial charge in [0, 0.05) is 19.0 Å². The van der Waals surface area contributed by atoms with Gasteiger partial charge in [-0.15, -0.1) is 24.0 Å². The number of hydrogen-bond acceptors (Lipinski definition) is 3. The zero-order valence-corrected chi connectivity index (χ0v) is 21.8. The van der Waals surface area contributed by atoms with Crippen molar-refractivity contribution in [2.24, 2.45) is 10.7 Å². The van der Waals surface area contributed by atoms with Crippen LogP contribution in [-0.2, 0) is 17.8 Å². The third-order valence-electron chi connectivity index (χ3n) is 5.16. The summed E-state index contributed by atoms with van der Waals surface area (Å²) in [6, 6.07) is 28.6. The molecule has 3 aromatic rings. The van der Waals surface area contributed by atoms with Crippen molar-refractivity contribution < 1.29 is 9.53 Å². The van der Waals surface area contributed by atoms with Crippen molar-refractivity contribution in [3.05, 3.63) is 102 Å². The summed E-state index contributed by atoms with van der Waals surface area (Å²) in [5, 5.41) is 6.84. The lowest BCUT2D eigenvalue weighted by Gasteiger charge is -2.20. The van der Waals surface area contributed by atoms with Crippen molar-refractivity contribution in [3.63, 3.8) is 0 Å². The maximum Gasteiger partial charge on any atom is 0.255 e. The molecule has 0 saturated heterocycles. The van der Waals surface area contributed by atoms with Crippen LogP contribution in [0.4, 0.5) is 0 Å². The second-order valence-corrected chi connectivity index (χ2v) is 7.78. The molecule has 3 rings (SSSR count). The first-order valence-corrected chi connectivity index (χ1v) is 11.2. The van der Waals surface area contributed by atoms with E-state index in [-0.39, 0.29) is 30.6 Å². The number of nitrogens with one attached hydrogen (secondary N) is 2. The molecule has 0 aliphatic heterocycles. The first kappa shape index (κ1) is 27.2. The van der Waals surface area contributed by atoms with Gasteiger partial charge in [-0.3, -0.25) is 4.79 Å². The van der Waals surface area contributed by atoms with Crippen molar-refractivity contribution in [1.29, 1.82) is 0 Å². The summed E-state index contributed by atoms with van der Waals surface area (Å²) in [4.78, 5) is 15.7. The minimum Gasteiger partial charge on any atom is -0.484 e. The predicted molar refractivity (Wildman–Crippen MR) is 149 cm³/mol. The second kappa shape index (κ2) is 15.0. The summed E-state index contributed by atoms with van der Waals surface area (Å²) in [7, 11) is 0. The fourth-order valence-corrected chi connectivity index (χ4v) is 3.55. The quantitative estimate of drug-likeness (QED) is 0.182. The molecule has 0 aliphatic carbocycles. The fourth-order valence-electron chi connectivity index (χ4n) is 3.55. The lowest BCUT2D eigenvalue weighted by Crippen LogP contribution is -2.39. The summed E-state index contributed by atoms with van der Waals surface area (Å²) in [5.74, 6) is 1.17. The molecule has 0 heterocycles. The number of primary amides is 1. The third kappa shape index (κ3) is 9.43. The van der Waals surface area contributed by atoms with Crippen molar-refractivity contribution in [2.75, 3.05) is 19.7 Å². The standard InChI is InChI=1S/C27H32N4O2.HI/c1-2-29-27(30-18-22-12-9-15-25(17-22)33-20-26(28)32)31-19-24(23-13-7-4-8-14-23)16-21-10-5-3-6-11-21;/h3-15,17,24H,2,16,18-20H2,1H3,(H2,28,32)(H2,29,30,31);1H. The Morgan fingerprint density at radius 2 is 1.62 bits per heavy atom. The van der Waals surface area contributed by atoms with Crippen molar-refractivity contribution in [2.45, 2.75) is 25.8 Å². The predicted octanol–water partition coefficient (Wildman–Crippen LogP) is 4.25. The van der Waals surface area contributed by atoms with Gasteiger partial charge in [-0.2, -0.15) is 0 Å². The van der Waals surface area contributed by atoms with E-state index in [1.807, 2.05) is 37.3 Å². The number of ether oxygens (including phenoxy) is 1. The van der Waals surface area contributed by atoms with E-state index >= 15 is 0 Å². The first-order chi connectivity index (χ1) is 16.1. The summed E-state index contributed by atoms with van der Waals surface area (Å²) >= 11 is 0. The molecule has 7 heteroatoms. The van der Waals surface area contributed by atoms with Crippen molar-refractivity contribution in [3.8, 4) is 5.75 Å². The van der Waals surface area contributed by atoms with Gasteiger partial charge in [-0.05, 0) is 42.2 Å². The second-order valence-electron chi connectivity index (χ2n) is 7.78. The summed E-state index contributed by atoms with van der Waals surface area (Å²) < 4.78 is 5.39. The summed E-state index contributed by atoms with van der Waals surface area (Å²) in [6.07, 6.45) is 0.941. The molecule has 1 amide bonds. The lowest BCUT2D eigenvalue weighted by atomic mass is 9.92. The normalized spacial score (nSPS) is 11.7. The molecule has 4 N–H and O–H groups in total. The van der Waals surface area contributed by atoms with E-state index < -0.39 is 5.91 Å². The Labute approximate surface area is 219 Å². The fraction of sp³-hybridized carbons (Fsp3) is 0.259. The highest BCUT2D eigenvalue weighted by molar-refractivity contribution is 14.0. The summed E-state index contributed by atoms with van der Waals surface area (Å²) in [5.41, 5.74) is 8.74. The highest BCUT2D eigenvalue weighted by Gasteiger charge is 2.13. The average Bonchev–Trinajstić information content (AvgIpc) is 2.85. The van der Waals surface area contributed by atoms with Gasteiger partial charge in [0.05, 0.1) is 6.54 Å². The number of carbonyl (C=O) groups excluding carboxylic acids is 1. The minimum absolute atomic E-state index is 0. The number of rotatable bonds is 11. The topological polar surface area (TPSA) is 88.7 Å². The van der Waals surface area contributed by atoms with Crippen LogP contribution in [0.15, 0.2) is 89.9 Å². The molecular weight excluding hydrogens is 539 g/mol. The van der Waals surface area contributed by atoms with Crippen LogP contribution >= 0.6 is 24.0 Å². The highest BCUT2D eigenvalue weighted by Crippen LogP contribution is 2.20. The third-order valence-corrected chi connectivity index (χ3v) is 5.16. The highest BCUT2D eigenvalue weighted by atomic mass is 127. The van der Waals surface area contributed by atoms with Gasteiger partial charge in [0.25, 0.3) is 5.91 Å². The number of hydrogen-bond donors (Lipinski definition) is 3. The van der Waals surface area contributed by atoms with Gasteiger partial charge in [-0.1, -0.05) is 72.8 Å². The monoisotopic (exact) mass is 572 g/mol. The molecule has 0 aliphatic rings. The SMILES string of the molecule is CCNC(=NCc1cccc(OCC(N)=O)c1)NCC(Cc1ccccc1)c1ccccc1.I. The van der Waals surface area contributed by atoms with E-state index in [9.17, 15) is 4.79 Å². The number of amides is 1. The maximum atomic E-state index is 10.9. The molecule has 1 atom stereocenters. The number of nitrogens with two attached hydrogens (primary N) is 1. The van der Waals surface area contributed by atoms with Crippen LogP contribution in [0, 0.1) is 0 Å². The van der Waals surface area contributed by atoms with Crippen molar-refractivity contribution in [1.82, 2.24) is 10.6 Å². The number of halogens is 1. The van der Waals surface area contributed by atoms with Crippen LogP contribution in [0.5, 0.6) is 5.75 Å². The molecule has 1 unspecified atom stereocenters. The largest absolute Gasteiger partial charge is 0.484 e. The van der Waals surface area contributed by atoms with Crippen LogP contribution in [0.25, 0.3) is 0 Å². The number of benzene rings is 3. The Hall–Kier alpha value is -3.07. The molecule has 0 saturated carbocycles. The molecule has 0 radical (unpaired) electrons. The molecule has 180 valence electrons. The minimum atomic E-state index is -0.500. The molecule has 0 aromatic heterocycles. The van der Waals surface area contributed by atoms with Gasteiger partial charge in [0.2, 0.25) is 0 Å². The Kier molecular flexibility index (Phi) is 12.0. The molecule has 0 bridgehead atoms. The maximum absolute atomic E-state index is 10.9. The molecule has 6 nitrogen and oxygen atoms in total. The van der Waals surface area contributed by atoms with E-state index in [4.69, 9.17) is 15.5 Å². The summed E-state index contributed by atoms with van der Waals surface area (Å²) in [6.45, 7) is 3.92. The zero-order valence-electron chi connectivity index (χ0n) is 19.4. The Bertz CT molecular complexity index is 1030. The smallest absolute Gasteiger partial charge is 0.255 e. The molecule has 34 heavy (non-hydrogen) atoms. The number of nitrogens with zero attached hydrogens (tertiary/aromatic N) is 1. The van der Waals surface area contributed by atoms with E-state index in [2.05, 4.69) is 59.2 Å². The van der Waals surface area contributed by atoms with Gasteiger partial charge in [-0.25, -0.2) is 4.99 Å². The molecule has 3 aromatic carbocycles. The van der Waals surface area contributed by atoms with Crippen LogP contribution in [0.3, 0.4) is 0 Å². The van der Waals surface area contributed by atoms with Gasteiger partial charge < -0.3 is 21.1 Å². The Balaban J connectivity index is 0.00000408.